The summed E-state index contributed by atoms with van der Waals surface area (Å²) in [6.07, 6.45) is 1.45. The summed E-state index contributed by atoms with van der Waals surface area (Å²) >= 11 is 12.1. The van der Waals surface area contributed by atoms with Crippen LogP contribution in [0.15, 0.2) is 24.5 Å². The first kappa shape index (κ1) is 15.4. The zero-order valence-corrected chi connectivity index (χ0v) is 14.1. The molecule has 4 rings (SSSR count). The number of nitrogens with two attached hydrogens (primary N) is 1. The first-order valence-corrected chi connectivity index (χ1v) is 8.15. The summed E-state index contributed by atoms with van der Waals surface area (Å²) in [6.45, 7) is 1.87. The summed E-state index contributed by atoms with van der Waals surface area (Å²) in [7, 11) is 0. The predicted molar refractivity (Wildman–Crippen MR) is 93.5 cm³/mol. The number of morpholine rings is 1. The van der Waals surface area contributed by atoms with Crippen molar-refractivity contribution in [3.05, 3.63) is 40.1 Å². The number of aromatic nitrogens is 4. The van der Waals surface area contributed by atoms with Gasteiger partial charge in [0, 0.05) is 13.1 Å². The number of H-pyrrole nitrogens is 1. The van der Waals surface area contributed by atoms with Crippen LogP contribution < -0.4 is 10.6 Å². The number of hydrogen-bond acceptors (Lipinski definition) is 6. The Morgan fingerprint density at radius 2 is 2.12 bits per heavy atom. The smallest absolute Gasteiger partial charge is 0.224 e. The summed E-state index contributed by atoms with van der Waals surface area (Å²) in [5, 5.41) is 1.04. The third-order valence-electron chi connectivity index (χ3n) is 3.97. The van der Waals surface area contributed by atoms with Crippen LogP contribution >= 0.6 is 23.2 Å². The summed E-state index contributed by atoms with van der Waals surface area (Å²) in [5.74, 6) is 0.922. The molecule has 3 heterocycles. The number of hydrogen-bond donors (Lipinski definition) is 2. The Bertz CT molecular complexity index is 899. The summed E-state index contributed by atoms with van der Waals surface area (Å²) in [6, 6.07) is 5.53. The number of ether oxygens (including phenoxy) is 1. The Balaban J connectivity index is 1.67. The van der Waals surface area contributed by atoms with Crippen LogP contribution in [0, 0.1) is 0 Å². The normalized spacial score (nSPS) is 18.2. The van der Waals surface area contributed by atoms with Crippen LogP contribution in [0.25, 0.3) is 11.2 Å². The topological polar surface area (TPSA) is 92.9 Å². The molecule has 2 aromatic heterocycles. The number of nitrogens with zero attached hydrogens (tertiary/aromatic N) is 4. The van der Waals surface area contributed by atoms with Crippen LogP contribution in [0.1, 0.15) is 11.7 Å². The lowest BCUT2D eigenvalue weighted by Crippen LogP contribution is -2.39. The molecule has 1 saturated heterocycles. The lowest BCUT2D eigenvalue weighted by atomic mass is 10.1. The van der Waals surface area contributed by atoms with E-state index in [-0.39, 0.29) is 12.1 Å². The van der Waals surface area contributed by atoms with Crippen molar-refractivity contribution in [3.63, 3.8) is 0 Å². The maximum absolute atomic E-state index is 6.12. The molecule has 1 aliphatic heterocycles. The molecule has 1 aliphatic rings. The van der Waals surface area contributed by atoms with Gasteiger partial charge in [-0.05, 0) is 17.7 Å². The minimum Gasteiger partial charge on any atom is -0.370 e. The molecule has 7 nitrogen and oxygen atoms in total. The maximum Gasteiger partial charge on any atom is 0.224 e. The van der Waals surface area contributed by atoms with Gasteiger partial charge in [0.1, 0.15) is 11.6 Å². The number of anilines is 2. The van der Waals surface area contributed by atoms with Gasteiger partial charge < -0.3 is 20.4 Å². The largest absolute Gasteiger partial charge is 0.370 e. The van der Waals surface area contributed by atoms with E-state index in [1.807, 2.05) is 12.1 Å². The molecular weight excluding hydrogens is 351 g/mol. The first-order valence-electron chi connectivity index (χ1n) is 7.40. The maximum atomic E-state index is 6.12. The fraction of sp³-hybridized carbons (Fsp3) is 0.267. The minimum atomic E-state index is -0.136. The van der Waals surface area contributed by atoms with E-state index in [1.165, 1.54) is 0 Å². The Morgan fingerprint density at radius 3 is 2.96 bits per heavy atom. The average molecular weight is 365 g/mol. The highest BCUT2D eigenvalue weighted by Gasteiger charge is 2.25. The number of imidazole rings is 1. The second-order valence-corrected chi connectivity index (χ2v) is 6.30. The van der Waals surface area contributed by atoms with Gasteiger partial charge in [0.05, 0.1) is 23.0 Å². The van der Waals surface area contributed by atoms with Crippen molar-refractivity contribution in [2.75, 3.05) is 30.3 Å². The van der Waals surface area contributed by atoms with Gasteiger partial charge in [0.15, 0.2) is 11.5 Å². The molecular formula is C15H14Cl2N6O. The van der Waals surface area contributed by atoms with E-state index < -0.39 is 0 Å². The summed E-state index contributed by atoms with van der Waals surface area (Å²) < 4.78 is 5.89. The van der Waals surface area contributed by atoms with Crippen molar-refractivity contribution < 1.29 is 4.74 Å². The molecule has 24 heavy (non-hydrogen) atoms. The summed E-state index contributed by atoms with van der Waals surface area (Å²) in [5.41, 5.74) is 8.09. The first-order chi connectivity index (χ1) is 11.6. The number of nitrogens with one attached hydrogen (secondary N) is 1. The van der Waals surface area contributed by atoms with Crippen molar-refractivity contribution >= 4 is 46.1 Å². The molecule has 0 saturated carbocycles. The molecule has 0 unspecified atom stereocenters. The van der Waals surface area contributed by atoms with Crippen molar-refractivity contribution in [1.29, 1.82) is 0 Å². The molecule has 3 aromatic rings. The van der Waals surface area contributed by atoms with Gasteiger partial charge in [0.2, 0.25) is 5.95 Å². The van der Waals surface area contributed by atoms with Crippen LogP contribution in [0.5, 0.6) is 0 Å². The number of fused-ring (bicyclic) bond motifs is 1. The van der Waals surface area contributed by atoms with E-state index in [9.17, 15) is 0 Å². The highest BCUT2D eigenvalue weighted by atomic mass is 35.5. The van der Waals surface area contributed by atoms with Gasteiger partial charge in [-0.25, -0.2) is 4.98 Å². The Morgan fingerprint density at radius 1 is 1.25 bits per heavy atom. The molecule has 0 radical (unpaired) electrons. The van der Waals surface area contributed by atoms with Crippen LogP contribution in [-0.4, -0.2) is 39.6 Å². The van der Waals surface area contributed by atoms with Gasteiger partial charge in [-0.1, -0.05) is 29.3 Å². The highest BCUT2D eigenvalue weighted by Crippen LogP contribution is 2.31. The fourth-order valence-corrected chi connectivity index (χ4v) is 3.13. The quantitative estimate of drug-likeness (QED) is 0.726. The zero-order chi connectivity index (χ0) is 16.7. The highest BCUT2D eigenvalue weighted by molar-refractivity contribution is 6.42. The molecule has 1 aromatic carbocycles. The van der Waals surface area contributed by atoms with Gasteiger partial charge >= 0.3 is 0 Å². The number of halogens is 2. The monoisotopic (exact) mass is 364 g/mol. The van der Waals surface area contributed by atoms with Crippen LogP contribution in [0.3, 0.4) is 0 Å². The molecule has 0 bridgehead atoms. The van der Waals surface area contributed by atoms with Crippen molar-refractivity contribution in [2.45, 2.75) is 6.10 Å². The van der Waals surface area contributed by atoms with Crippen molar-refractivity contribution in [1.82, 2.24) is 19.9 Å². The summed E-state index contributed by atoms with van der Waals surface area (Å²) in [4.78, 5) is 17.8. The predicted octanol–water partition coefficient (Wildman–Crippen LogP) is 2.82. The van der Waals surface area contributed by atoms with Crippen molar-refractivity contribution in [3.8, 4) is 0 Å². The van der Waals surface area contributed by atoms with E-state index in [2.05, 4.69) is 24.8 Å². The number of nitrogen functional groups attached to an aromatic ring is 1. The molecule has 0 spiro atoms. The Labute approximate surface area is 147 Å². The fourth-order valence-electron chi connectivity index (χ4n) is 2.82. The third-order valence-corrected chi connectivity index (χ3v) is 4.70. The lowest BCUT2D eigenvalue weighted by Gasteiger charge is -2.34. The van der Waals surface area contributed by atoms with Crippen LogP contribution in [-0.2, 0) is 4.74 Å². The SMILES string of the molecule is Nc1nc(N2CCO[C@@H](c3ccc(Cl)c(Cl)c3)C2)c2[nH]cnc2n1. The number of aromatic amines is 1. The molecule has 3 N–H and O–H groups in total. The molecule has 1 atom stereocenters. The molecule has 0 amide bonds. The Kier molecular flexibility index (Phi) is 3.91. The average Bonchev–Trinajstić information content (AvgIpc) is 3.05. The van der Waals surface area contributed by atoms with Crippen LogP contribution in [0.2, 0.25) is 10.0 Å². The number of rotatable bonds is 2. The van der Waals surface area contributed by atoms with E-state index >= 15 is 0 Å². The second-order valence-electron chi connectivity index (χ2n) is 5.49. The standard InChI is InChI=1S/C15H14Cl2N6O/c16-9-2-1-8(5-10(9)17)11-6-23(3-4-24-11)14-12-13(20-7-19-12)21-15(18)22-14/h1-2,5,7,11H,3-4,6H2,(H3,18,19,20,21,22)/t11-/m1/s1. The van der Waals surface area contributed by atoms with E-state index in [0.29, 0.717) is 35.4 Å². The molecule has 1 fully saturated rings. The van der Waals surface area contributed by atoms with E-state index in [1.54, 1.807) is 12.4 Å². The molecule has 0 aliphatic carbocycles. The van der Waals surface area contributed by atoms with Gasteiger partial charge in [-0.15, -0.1) is 0 Å². The van der Waals surface area contributed by atoms with Gasteiger partial charge in [-0.2, -0.15) is 9.97 Å². The minimum absolute atomic E-state index is 0.136. The Hall–Kier alpha value is -2.09. The molecule has 9 heteroatoms. The third kappa shape index (κ3) is 2.75. The van der Waals surface area contributed by atoms with E-state index in [0.717, 1.165) is 16.9 Å². The number of benzene rings is 1. The van der Waals surface area contributed by atoms with Gasteiger partial charge in [-0.3, -0.25) is 0 Å². The zero-order valence-electron chi connectivity index (χ0n) is 12.5. The van der Waals surface area contributed by atoms with Crippen molar-refractivity contribution in [2.24, 2.45) is 0 Å². The van der Waals surface area contributed by atoms with E-state index in [4.69, 9.17) is 33.7 Å². The van der Waals surface area contributed by atoms with Gasteiger partial charge in [0.25, 0.3) is 0 Å². The molecule has 124 valence electrons. The van der Waals surface area contributed by atoms with Crippen LogP contribution in [0.4, 0.5) is 11.8 Å². The lowest BCUT2D eigenvalue weighted by molar-refractivity contribution is 0.0396. The second kappa shape index (κ2) is 6.08.